The number of likely N-dealkylation sites (tertiary alicyclic amines) is 1. The fraction of sp³-hybridized carbons (Fsp3) is 0.346. The molecule has 2 fully saturated rings. The molecule has 0 spiro atoms. The van der Waals surface area contributed by atoms with E-state index < -0.39 is 25.4 Å². The van der Waals surface area contributed by atoms with Crippen LogP contribution in [0.4, 0.5) is 4.39 Å². The van der Waals surface area contributed by atoms with Crippen molar-refractivity contribution in [2.45, 2.75) is 51.4 Å². The van der Waals surface area contributed by atoms with Gasteiger partial charge in [-0.1, -0.05) is 29.8 Å². The van der Waals surface area contributed by atoms with Crippen molar-refractivity contribution in [3.05, 3.63) is 64.6 Å². The highest BCUT2D eigenvalue weighted by Gasteiger charge is 2.50. The summed E-state index contributed by atoms with van der Waals surface area (Å²) in [5.41, 5.74) is 0.901. The Morgan fingerprint density at radius 3 is 2.61 bits per heavy atom. The van der Waals surface area contributed by atoms with Crippen LogP contribution in [-0.4, -0.2) is 48.9 Å². The Balaban J connectivity index is 1.40. The van der Waals surface area contributed by atoms with Crippen LogP contribution in [0.15, 0.2) is 42.6 Å². The summed E-state index contributed by atoms with van der Waals surface area (Å²) in [6.45, 7) is 1.08. The van der Waals surface area contributed by atoms with E-state index in [1.54, 1.807) is 11.0 Å². The molecule has 1 aliphatic carbocycles. The van der Waals surface area contributed by atoms with Crippen molar-refractivity contribution in [3.8, 4) is 0 Å². The Labute approximate surface area is 222 Å². The Morgan fingerprint density at radius 2 is 1.95 bits per heavy atom. The van der Waals surface area contributed by atoms with Crippen LogP contribution in [0.25, 0.3) is 10.9 Å². The topological polar surface area (TPSA) is 129 Å². The number of benzene rings is 2. The van der Waals surface area contributed by atoms with Gasteiger partial charge in [-0.25, -0.2) is 4.39 Å². The molecule has 1 saturated carbocycles. The average molecular weight is 562 g/mol. The van der Waals surface area contributed by atoms with Gasteiger partial charge in [0.1, 0.15) is 18.4 Å². The van der Waals surface area contributed by atoms with E-state index in [0.29, 0.717) is 22.9 Å². The normalized spacial score (nSPS) is 20.8. The summed E-state index contributed by atoms with van der Waals surface area (Å²) in [4.78, 5) is 59.8. The van der Waals surface area contributed by atoms with Crippen molar-refractivity contribution >= 4 is 53.0 Å². The number of aromatic nitrogens is 1. The summed E-state index contributed by atoms with van der Waals surface area (Å²) in [7, 11) is -4.56. The van der Waals surface area contributed by atoms with Gasteiger partial charge in [-0.2, -0.15) is 0 Å². The minimum absolute atomic E-state index is 0.0433. The summed E-state index contributed by atoms with van der Waals surface area (Å²) in [6, 6.07) is 7.72. The first kappa shape index (κ1) is 26.6. The Kier molecular flexibility index (Phi) is 6.94. The summed E-state index contributed by atoms with van der Waals surface area (Å²) < 4.78 is 27.6. The fourth-order valence-electron chi connectivity index (χ4n) is 5.50. The largest absolute Gasteiger partial charge is 0.356 e. The van der Waals surface area contributed by atoms with E-state index in [-0.39, 0.29) is 52.6 Å². The third-order valence-corrected chi connectivity index (χ3v) is 8.80. The van der Waals surface area contributed by atoms with Crippen molar-refractivity contribution in [2.75, 3.05) is 0 Å². The number of hydrogen-bond donors (Lipinski definition) is 3. The molecule has 2 aliphatic rings. The number of carbonyl (C=O) groups is 3. The molecule has 5 rings (SSSR count). The molecule has 1 saturated heterocycles. The maximum Gasteiger partial charge on any atom is 0.356 e. The number of hydrogen-bond acceptors (Lipinski definition) is 4. The first-order valence-electron chi connectivity index (χ1n) is 12.2. The second-order valence-corrected chi connectivity index (χ2v) is 11.9. The standard InChI is InChI=1S/C26H26ClFN3O6P/c1-14(32)19-12-30(22-10-17(38(35,36)37)6-7-18(19)22)13-24(33)31-21-8-5-15(21)9-23(31)26(34)29-11-16-3-2-4-20(27)25(16)28/h2-4,6-7,10,12,15,21,23H,5,8-9,11,13H2,1H3,(H,29,34)(H2,35,36,37)/t15-,21-,23+/m1/s1. The third kappa shape index (κ3) is 4.78. The van der Waals surface area contributed by atoms with E-state index in [1.807, 2.05) is 0 Å². The van der Waals surface area contributed by atoms with E-state index in [2.05, 4.69) is 5.32 Å². The molecule has 1 aromatic heterocycles. The number of ketones is 1. The first-order valence-corrected chi connectivity index (χ1v) is 14.2. The van der Waals surface area contributed by atoms with Crippen LogP contribution in [0.2, 0.25) is 5.02 Å². The van der Waals surface area contributed by atoms with Crippen molar-refractivity contribution in [1.29, 1.82) is 0 Å². The molecule has 2 amide bonds. The molecule has 12 heteroatoms. The van der Waals surface area contributed by atoms with Crippen LogP contribution in [0, 0.1) is 11.7 Å². The quantitative estimate of drug-likeness (QED) is 0.300. The zero-order valence-corrected chi connectivity index (χ0v) is 22.1. The zero-order valence-electron chi connectivity index (χ0n) is 20.4. The number of Topliss-reactive ketones (excluding diaryl/α,β-unsaturated/α-hetero) is 1. The minimum Gasteiger partial charge on any atom is -0.350 e. The van der Waals surface area contributed by atoms with Gasteiger partial charge in [0.2, 0.25) is 11.8 Å². The molecule has 0 unspecified atom stereocenters. The monoisotopic (exact) mass is 561 g/mol. The molecule has 9 nitrogen and oxygen atoms in total. The van der Waals surface area contributed by atoms with Crippen molar-refractivity contribution < 1.29 is 33.1 Å². The lowest BCUT2D eigenvalue weighted by Gasteiger charge is -2.37. The molecule has 3 aromatic rings. The van der Waals surface area contributed by atoms with Crippen LogP contribution in [0.5, 0.6) is 0 Å². The smallest absolute Gasteiger partial charge is 0.350 e. The van der Waals surface area contributed by atoms with Crippen LogP contribution in [-0.2, 0) is 27.2 Å². The predicted octanol–water partition coefficient (Wildman–Crippen LogP) is 3.14. The maximum atomic E-state index is 14.3. The second-order valence-electron chi connectivity index (χ2n) is 9.86. The molecule has 200 valence electrons. The van der Waals surface area contributed by atoms with Gasteiger partial charge >= 0.3 is 7.60 Å². The number of halogens is 2. The Morgan fingerprint density at radius 1 is 1.18 bits per heavy atom. The van der Waals surface area contributed by atoms with Crippen LogP contribution in [0.3, 0.4) is 0 Å². The second kappa shape index (κ2) is 9.93. The molecule has 0 radical (unpaired) electrons. The number of fused-ring (bicyclic) bond motifs is 2. The number of amides is 2. The lowest BCUT2D eigenvalue weighted by atomic mass is 9.80. The van der Waals surface area contributed by atoms with Crippen molar-refractivity contribution in [1.82, 2.24) is 14.8 Å². The van der Waals surface area contributed by atoms with Crippen molar-refractivity contribution in [3.63, 3.8) is 0 Å². The van der Waals surface area contributed by atoms with E-state index in [4.69, 9.17) is 11.6 Å². The predicted molar refractivity (Wildman–Crippen MR) is 139 cm³/mol. The summed E-state index contributed by atoms with van der Waals surface area (Å²) in [5.74, 6) is -1.41. The molecular weight excluding hydrogens is 536 g/mol. The minimum atomic E-state index is -4.56. The van der Waals surface area contributed by atoms with E-state index in [0.717, 1.165) is 12.8 Å². The van der Waals surface area contributed by atoms with E-state index in [9.17, 15) is 33.1 Å². The summed E-state index contributed by atoms with van der Waals surface area (Å²) >= 11 is 5.83. The SMILES string of the molecule is CC(=O)c1cn(CC(=O)N2[C@@H]3CC[C@@H]3C[C@H]2C(=O)NCc2cccc(Cl)c2F)c2cc(P(=O)(O)O)ccc12. The van der Waals surface area contributed by atoms with Crippen LogP contribution >= 0.6 is 19.2 Å². The summed E-state index contributed by atoms with van der Waals surface area (Å²) in [6.07, 6.45) is 3.65. The molecule has 1 aliphatic heterocycles. The number of rotatable bonds is 7. The van der Waals surface area contributed by atoms with Crippen LogP contribution in [0.1, 0.15) is 42.1 Å². The zero-order chi connectivity index (χ0) is 27.4. The van der Waals surface area contributed by atoms with Gasteiger partial charge in [-0.05, 0) is 50.3 Å². The molecule has 2 heterocycles. The number of nitrogens with zero attached hydrogens (tertiary/aromatic N) is 2. The number of carbonyl (C=O) groups excluding carboxylic acids is 3. The van der Waals surface area contributed by atoms with Gasteiger partial charge in [-0.3, -0.25) is 18.9 Å². The highest BCUT2D eigenvalue weighted by molar-refractivity contribution is 7.60. The van der Waals surface area contributed by atoms with Gasteiger partial charge in [0.05, 0.1) is 15.8 Å². The average Bonchev–Trinajstić information content (AvgIpc) is 3.33. The third-order valence-electron chi connectivity index (χ3n) is 7.56. The highest BCUT2D eigenvalue weighted by Crippen LogP contribution is 2.44. The fourth-order valence-corrected chi connectivity index (χ4v) is 6.25. The van der Waals surface area contributed by atoms with Crippen LogP contribution < -0.4 is 10.6 Å². The number of nitrogens with one attached hydrogen (secondary N) is 1. The van der Waals surface area contributed by atoms with Gasteiger partial charge < -0.3 is 24.6 Å². The van der Waals surface area contributed by atoms with Gasteiger partial charge in [0.15, 0.2) is 5.78 Å². The Hall–Kier alpha value is -3.04. The van der Waals surface area contributed by atoms with E-state index in [1.165, 1.54) is 48.0 Å². The molecule has 38 heavy (non-hydrogen) atoms. The van der Waals surface area contributed by atoms with Gasteiger partial charge in [-0.15, -0.1) is 0 Å². The lowest BCUT2D eigenvalue weighted by molar-refractivity contribution is -0.142. The van der Waals surface area contributed by atoms with Gasteiger partial charge in [0.25, 0.3) is 0 Å². The summed E-state index contributed by atoms with van der Waals surface area (Å²) in [5, 5.41) is 2.94. The molecule has 3 N–H and O–H groups in total. The molecule has 2 aromatic carbocycles. The highest BCUT2D eigenvalue weighted by atomic mass is 35.5. The first-order chi connectivity index (χ1) is 18.0. The Bertz CT molecular complexity index is 1520. The lowest BCUT2D eigenvalue weighted by Crippen LogP contribution is -2.51. The van der Waals surface area contributed by atoms with Crippen molar-refractivity contribution in [2.24, 2.45) is 5.92 Å². The van der Waals surface area contributed by atoms with Gasteiger partial charge in [0, 0.05) is 35.3 Å². The molecule has 3 atom stereocenters. The molecule has 0 bridgehead atoms. The van der Waals surface area contributed by atoms with E-state index >= 15 is 0 Å². The maximum absolute atomic E-state index is 14.3. The molecular formula is C26H26ClFN3O6P.